The highest BCUT2D eigenvalue weighted by molar-refractivity contribution is 7.22. The second kappa shape index (κ2) is 4.37. The molecule has 0 aliphatic rings. The minimum Gasteiger partial charge on any atom is -0.506 e. The van der Waals surface area contributed by atoms with Gasteiger partial charge in [0.1, 0.15) is 5.75 Å². The van der Waals surface area contributed by atoms with Crippen molar-refractivity contribution >= 4 is 27.3 Å². The van der Waals surface area contributed by atoms with Gasteiger partial charge in [-0.25, -0.2) is 0 Å². The summed E-state index contributed by atoms with van der Waals surface area (Å²) in [4.78, 5) is 15.9. The lowest BCUT2D eigenvalue weighted by atomic mass is 10.1. The number of aromatic nitrogens is 1. The third-order valence-electron chi connectivity index (χ3n) is 2.87. The van der Waals surface area contributed by atoms with Gasteiger partial charge in [0.2, 0.25) is 5.91 Å². The van der Waals surface area contributed by atoms with Gasteiger partial charge in [-0.05, 0) is 24.3 Å². The zero-order valence-corrected chi connectivity index (χ0v) is 10.6. The smallest absolute Gasteiger partial charge is 0.248 e. The Balaban J connectivity index is 2.24. The first-order valence-electron chi connectivity index (χ1n) is 5.62. The number of primary amides is 1. The highest BCUT2D eigenvalue weighted by Crippen LogP contribution is 2.43. The van der Waals surface area contributed by atoms with E-state index >= 15 is 0 Å². The number of benzene rings is 1. The fourth-order valence-electron chi connectivity index (χ4n) is 1.93. The van der Waals surface area contributed by atoms with Crippen molar-refractivity contribution in [2.45, 2.75) is 0 Å². The number of fused-ring (bicyclic) bond motifs is 1. The van der Waals surface area contributed by atoms with Crippen molar-refractivity contribution in [1.29, 1.82) is 0 Å². The van der Waals surface area contributed by atoms with E-state index in [2.05, 4.69) is 4.98 Å². The van der Waals surface area contributed by atoms with Crippen molar-refractivity contribution < 1.29 is 9.90 Å². The number of carbonyl (C=O) groups excluding carboxylic acids is 1. The number of pyridine rings is 1. The molecule has 3 rings (SSSR count). The summed E-state index contributed by atoms with van der Waals surface area (Å²) in [6.07, 6.45) is 3.37. The molecule has 94 valence electrons. The Bertz CT molecular complexity index is 766. The number of aromatic hydroxyl groups is 1. The van der Waals surface area contributed by atoms with Crippen molar-refractivity contribution in [3.8, 4) is 16.2 Å². The highest BCUT2D eigenvalue weighted by atomic mass is 32.1. The molecule has 2 aromatic heterocycles. The summed E-state index contributed by atoms with van der Waals surface area (Å²) in [5.74, 6) is -0.341. The van der Waals surface area contributed by atoms with E-state index in [0.717, 1.165) is 15.1 Å². The molecule has 1 amide bonds. The lowest BCUT2D eigenvalue weighted by Crippen LogP contribution is -2.10. The molecule has 3 N–H and O–H groups in total. The molecule has 4 nitrogen and oxygen atoms in total. The largest absolute Gasteiger partial charge is 0.506 e. The molecule has 2 heterocycles. The van der Waals surface area contributed by atoms with Gasteiger partial charge in [0, 0.05) is 33.6 Å². The van der Waals surface area contributed by atoms with Crippen LogP contribution in [-0.2, 0) is 0 Å². The Labute approximate surface area is 113 Å². The highest BCUT2D eigenvalue weighted by Gasteiger charge is 2.14. The first-order chi connectivity index (χ1) is 9.16. The molecule has 0 bridgehead atoms. The number of carbonyl (C=O) groups is 1. The van der Waals surface area contributed by atoms with Crippen LogP contribution in [0.4, 0.5) is 0 Å². The molecular weight excluding hydrogens is 260 g/mol. The van der Waals surface area contributed by atoms with E-state index in [1.54, 1.807) is 30.6 Å². The quantitative estimate of drug-likeness (QED) is 0.751. The van der Waals surface area contributed by atoms with E-state index in [1.807, 2.05) is 12.1 Å². The molecule has 0 radical (unpaired) electrons. The molecule has 1 aromatic carbocycles. The van der Waals surface area contributed by atoms with Crippen molar-refractivity contribution in [1.82, 2.24) is 4.98 Å². The van der Waals surface area contributed by atoms with Gasteiger partial charge >= 0.3 is 0 Å². The number of rotatable bonds is 2. The van der Waals surface area contributed by atoms with E-state index in [1.165, 1.54) is 11.3 Å². The number of nitrogens with two attached hydrogens (primary N) is 1. The van der Waals surface area contributed by atoms with Gasteiger partial charge in [-0.2, -0.15) is 0 Å². The molecule has 0 aliphatic heterocycles. The van der Waals surface area contributed by atoms with Crippen molar-refractivity contribution in [3.05, 3.63) is 48.3 Å². The standard InChI is InChI=1S/C14H10N2O2S/c15-14(18)8-3-4-11-10(6-8)12(17)13(19-11)9-2-1-5-16-7-9/h1-7,17H,(H2,15,18). The molecule has 0 aliphatic carbocycles. The summed E-state index contributed by atoms with van der Waals surface area (Å²) in [7, 11) is 0. The molecule has 0 saturated heterocycles. The summed E-state index contributed by atoms with van der Waals surface area (Å²) in [6.45, 7) is 0. The summed E-state index contributed by atoms with van der Waals surface area (Å²) in [6, 6.07) is 8.76. The van der Waals surface area contributed by atoms with Crippen LogP contribution in [0.3, 0.4) is 0 Å². The Morgan fingerprint density at radius 1 is 1.32 bits per heavy atom. The van der Waals surface area contributed by atoms with Crippen molar-refractivity contribution in [2.24, 2.45) is 5.73 Å². The monoisotopic (exact) mass is 270 g/mol. The average Bonchev–Trinajstić information content (AvgIpc) is 2.77. The Morgan fingerprint density at radius 3 is 2.84 bits per heavy atom. The van der Waals surface area contributed by atoms with Crippen LogP contribution >= 0.6 is 11.3 Å². The summed E-state index contributed by atoms with van der Waals surface area (Å²) >= 11 is 1.46. The van der Waals surface area contributed by atoms with Gasteiger partial charge in [0.25, 0.3) is 0 Å². The van der Waals surface area contributed by atoms with Crippen LogP contribution in [0, 0.1) is 0 Å². The number of hydrogen-bond acceptors (Lipinski definition) is 4. The Morgan fingerprint density at radius 2 is 2.16 bits per heavy atom. The third-order valence-corrected chi connectivity index (χ3v) is 4.08. The van der Waals surface area contributed by atoms with Crippen LogP contribution in [-0.4, -0.2) is 16.0 Å². The maximum atomic E-state index is 11.2. The van der Waals surface area contributed by atoms with Crippen LogP contribution in [0.15, 0.2) is 42.7 Å². The minimum absolute atomic E-state index is 0.163. The summed E-state index contributed by atoms with van der Waals surface area (Å²) in [5.41, 5.74) is 6.48. The molecule has 5 heteroatoms. The summed E-state index contributed by atoms with van der Waals surface area (Å²) in [5, 5.41) is 10.9. The van der Waals surface area contributed by atoms with Crippen LogP contribution in [0.5, 0.6) is 5.75 Å². The van der Waals surface area contributed by atoms with E-state index in [0.29, 0.717) is 10.9 Å². The van der Waals surface area contributed by atoms with Gasteiger partial charge < -0.3 is 10.8 Å². The van der Waals surface area contributed by atoms with E-state index in [4.69, 9.17) is 5.73 Å². The topological polar surface area (TPSA) is 76.2 Å². The average molecular weight is 270 g/mol. The molecule has 0 atom stereocenters. The SMILES string of the molecule is NC(=O)c1ccc2sc(-c3cccnc3)c(O)c2c1. The van der Waals surface area contributed by atoms with E-state index in [-0.39, 0.29) is 5.75 Å². The zero-order chi connectivity index (χ0) is 13.4. The van der Waals surface area contributed by atoms with Crippen LogP contribution in [0.1, 0.15) is 10.4 Å². The molecule has 0 spiro atoms. The molecule has 0 fully saturated rings. The molecule has 19 heavy (non-hydrogen) atoms. The van der Waals surface area contributed by atoms with E-state index in [9.17, 15) is 9.90 Å². The first kappa shape index (κ1) is 11.7. The van der Waals surface area contributed by atoms with Crippen LogP contribution in [0.25, 0.3) is 20.5 Å². The number of thiophene rings is 1. The molecule has 3 aromatic rings. The third kappa shape index (κ3) is 1.94. The Kier molecular flexibility index (Phi) is 2.68. The van der Waals surface area contributed by atoms with Crippen molar-refractivity contribution in [2.75, 3.05) is 0 Å². The fourth-order valence-corrected chi connectivity index (χ4v) is 3.00. The van der Waals surface area contributed by atoms with Gasteiger partial charge in [-0.1, -0.05) is 6.07 Å². The molecular formula is C14H10N2O2S. The maximum Gasteiger partial charge on any atom is 0.248 e. The predicted molar refractivity (Wildman–Crippen MR) is 75.2 cm³/mol. The Hall–Kier alpha value is -2.40. The minimum atomic E-state index is -0.504. The molecule has 0 unspecified atom stereocenters. The van der Waals surface area contributed by atoms with Crippen LogP contribution in [0.2, 0.25) is 0 Å². The second-order valence-corrected chi connectivity index (χ2v) is 5.15. The number of nitrogens with zero attached hydrogens (tertiary/aromatic N) is 1. The van der Waals surface area contributed by atoms with Gasteiger partial charge in [0.05, 0.1) is 4.88 Å². The molecule has 0 saturated carbocycles. The second-order valence-electron chi connectivity index (χ2n) is 4.10. The summed E-state index contributed by atoms with van der Waals surface area (Å²) < 4.78 is 0.904. The van der Waals surface area contributed by atoms with Gasteiger partial charge in [0.15, 0.2) is 0 Å². The lowest BCUT2D eigenvalue weighted by Gasteiger charge is -1.97. The van der Waals surface area contributed by atoms with Gasteiger partial charge in [-0.3, -0.25) is 9.78 Å². The maximum absolute atomic E-state index is 11.2. The first-order valence-corrected chi connectivity index (χ1v) is 6.44. The number of hydrogen-bond donors (Lipinski definition) is 2. The van der Waals surface area contributed by atoms with Crippen molar-refractivity contribution in [3.63, 3.8) is 0 Å². The number of amides is 1. The van der Waals surface area contributed by atoms with E-state index < -0.39 is 5.91 Å². The van der Waals surface area contributed by atoms with Gasteiger partial charge in [-0.15, -0.1) is 11.3 Å². The lowest BCUT2D eigenvalue weighted by molar-refractivity contribution is 0.100. The predicted octanol–water partition coefficient (Wildman–Crippen LogP) is 2.77. The fraction of sp³-hybridized carbons (Fsp3) is 0. The zero-order valence-electron chi connectivity index (χ0n) is 9.83. The normalized spacial score (nSPS) is 10.7. The van der Waals surface area contributed by atoms with Crippen LogP contribution < -0.4 is 5.73 Å².